The molecule has 1 aliphatic rings. The molecule has 0 aliphatic carbocycles. The summed E-state index contributed by atoms with van der Waals surface area (Å²) in [6.07, 6.45) is -7.31. The van der Waals surface area contributed by atoms with Gasteiger partial charge in [0.1, 0.15) is 6.54 Å². The summed E-state index contributed by atoms with van der Waals surface area (Å²) < 4.78 is 77.2. The summed E-state index contributed by atoms with van der Waals surface area (Å²) in [4.78, 5) is 13.1. The molecule has 0 aromatic carbocycles. The van der Waals surface area contributed by atoms with E-state index in [9.17, 15) is 22.0 Å². The Morgan fingerprint density at radius 2 is 2.00 bits per heavy atom. The van der Waals surface area contributed by atoms with Crippen molar-refractivity contribution in [3.05, 3.63) is 11.7 Å². The van der Waals surface area contributed by atoms with E-state index in [0.717, 1.165) is 6.92 Å². The Balaban J connectivity index is 1.76. The number of hydrogen-bond acceptors (Lipinski definition) is 9. The van der Waals surface area contributed by atoms with E-state index < -0.39 is 37.2 Å². The van der Waals surface area contributed by atoms with E-state index in [1.807, 2.05) is 0 Å². The third-order valence-corrected chi connectivity index (χ3v) is 4.39. The van der Waals surface area contributed by atoms with Crippen molar-refractivity contribution in [3.8, 4) is 6.01 Å². The number of ether oxygens (including phenoxy) is 1. The molecule has 15 heteroatoms. The zero-order valence-corrected chi connectivity index (χ0v) is 15.7. The number of anilines is 1. The second-order valence-corrected chi connectivity index (χ2v) is 6.81. The molecule has 1 fully saturated rings. The van der Waals surface area contributed by atoms with Crippen LogP contribution in [-0.4, -0.2) is 66.4 Å². The maximum Gasteiger partial charge on any atom is 0.425 e. The van der Waals surface area contributed by atoms with Crippen LogP contribution in [0.1, 0.15) is 25.1 Å². The summed E-state index contributed by atoms with van der Waals surface area (Å²) in [6.45, 7) is 1.57. The average molecular weight is 434 g/mol. The van der Waals surface area contributed by atoms with E-state index in [0.29, 0.717) is 5.82 Å². The highest BCUT2D eigenvalue weighted by Gasteiger charge is 2.41. The molecule has 0 bridgehead atoms. The minimum Gasteiger partial charge on any atom is -0.451 e. The lowest BCUT2D eigenvalue weighted by Crippen LogP contribution is -2.32. The largest absolute Gasteiger partial charge is 0.451 e. The van der Waals surface area contributed by atoms with Crippen molar-refractivity contribution >= 4 is 17.0 Å². The molecule has 1 atom stereocenters. The molecule has 0 unspecified atom stereocenters. The summed E-state index contributed by atoms with van der Waals surface area (Å²) >= 11 is 0. The smallest absolute Gasteiger partial charge is 0.425 e. The van der Waals surface area contributed by atoms with E-state index in [4.69, 9.17) is 9.26 Å². The van der Waals surface area contributed by atoms with Crippen LogP contribution < -0.4 is 9.64 Å². The quantitative estimate of drug-likeness (QED) is 0.558. The average Bonchev–Trinajstić information content (AvgIpc) is 3.33. The number of alkyl halides is 5. The van der Waals surface area contributed by atoms with Gasteiger partial charge in [-0.1, -0.05) is 10.4 Å². The summed E-state index contributed by atoms with van der Waals surface area (Å²) in [5, 5.41) is 11.4. The summed E-state index contributed by atoms with van der Waals surface area (Å²) in [5.74, 6) is -2.53. The van der Waals surface area contributed by atoms with Gasteiger partial charge in [-0.25, -0.2) is 13.5 Å². The second kappa shape index (κ2) is 6.98. The van der Waals surface area contributed by atoms with E-state index in [-0.39, 0.29) is 36.0 Å². The highest BCUT2D eigenvalue weighted by atomic mass is 19.4. The van der Waals surface area contributed by atoms with Crippen LogP contribution >= 0.6 is 0 Å². The standard InChI is InChI=1S/C15H15F5N8O2/c1-7(15(18,19)20)29-13-22-11(27-4-3-14(16,17)6-27)10-12(23-13)28(26-24-10)5-9-21-8(2)25-30-9/h7H,3-6H2,1-2H3/t7-/m0/s1. The van der Waals surface area contributed by atoms with Crippen LogP contribution in [0.25, 0.3) is 11.2 Å². The molecule has 0 saturated carbocycles. The molecule has 1 saturated heterocycles. The van der Waals surface area contributed by atoms with E-state index in [1.54, 1.807) is 6.92 Å². The molecule has 30 heavy (non-hydrogen) atoms. The Morgan fingerprint density at radius 1 is 1.23 bits per heavy atom. The van der Waals surface area contributed by atoms with Crippen molar-refractivity contribution in [3.63, 3.8) is 0 Å². The maximum absolute atomic E-state index is 13.7. The molecule has 4 rings (SSSR count). The molecule has 4 heterocycles. The predicted molar refractivity (Wildman–Crippen MR) is 89.2 cm³/mol. The number of aryl methyl sites for hydroxylation is 1. The van der Waals surface area contributed by atoms with Gasteiger partial charge in [-0.15, -0.1) is 5.10 Å². The van der Waals surface area contributed by atoms with Gasteiger partial charge in [0.05, 0.1) is 6.54 Å². The summed E-state index contributed by atoms with van der Waals surface area (Å²) in [6, 6.07) is -0.636. The van der Waals surface area contributed by atoms with Crippen molar-refractivity contribution < 1.29 is 31.2 Å². The molecular weight excluding hydrogens is 419 g/mol. The molecule has 0 spiro atoms. The first kappa shape index (κ1) is 20.2. The van der Waals surface area contributed by atoms with Crippen LogP contribution in [0.4, 0.5) is 27.8 Å². The summed E-state index contributed by atoms with van der Waals surface area (Å²) in [5.41, 5.74) is 0.0198. The SMILES string of the molecule is Cc1noc(Cn2nnc3c(N4CCC(F)(F)C4)nc(O[C@@H](C)C(F)(F)F)nc32)n1. The van der Waals surface area contributed by atoms with Crippen molar-refractivity contribution in [2.45, 2.75) is 45.0 Å². The molecule has 1 aliphatic heterocycles. The van der Waals surface area contributed by atoms with E-state index in [1.165, 1.54) is 9.58 Å². The molecule has 0 radical (unpaired) electrons. The fraction of sp³-hybridized carbons (Fsp3) is 0.600. The van der Waals surface area contributed by atoms with Crippen molar-refractivity contribution in [2.75, 3.05) is 18.0 Å². The number of hydrogen-bond donors (Lipinski definition) is 0. The first-order valence-corrected chi connectivity index (χ1v) is 8.78. The van der Waals surface area contributed by atoms with Gasteiger partial charge in [-0.3, -0.25) is 0 Å². The van der Waals surface area contributed by atoms with E-state index >= 15 is 0 Å². The molecule has 3 aromatic rings. The highest BCUT2D eigenvalue weighted by Crippen LogP contribution is 2.34. The Bertz CT molecular complexity index is 1070. The van der Waals surface area contributed by atoms with Crippen LogP contribution in [0.5, 0.6) is 6.01 Å². The van der Waals surface area contributed by atoms with Crippen LogP contribution in [-0.2, 0) is 6.54 Å². The first-order valence-electron chi connectivity index (χ1n) is 8.78. The fourth-order valence-electron chi connectivity index (χ4n) is 2.88. The van der Waals surface area contributed by atoms with Crippen LogP contribution in [0.3, 0.4) is 0 Å². The first-order chi connectivity index (χ1) is 14.0. The van der Waals surface area contributed by atoms with Crippen molar-refractivity contribution in [1.29, 1.82) is 0 Å². The molecule has 0 N–H and O–H groups in total. The van der Waals surface area contributed by atoms with Gasteiger partial charge in [0.15, 0.2) is 28.9 Å². The maximum atomic E-state index is 13.7. The van der Waals surface area contributed by atoms with Gasteiger partial charge in [-0.2, -0.15) is 28.1 Å². The topological polar surface area (TPSA) is 108 Å². The van der Waals surface area contributed by atoms with Crippen molar-refractivity contribution in [1.82, 2.24) is 35.1 Å². The number of aromatic nitrogens is 7. The second-order valence-electron chi connectivity index (χ2n) is 6.81. The molecule has 162 valence electrons. The van der Waals surface area contributed by atoms with Crippen LogP contribution in [0.2, 0.25) is 0 Å². The minimum atomic E-state index is -4.67. The number of halogens is 5. The Kier molecular flexibility index (Phi) is 4.69. The predicted octanol–water partition coefficient (Wildman–Crippen LogP) is 2.14. The monoisotopic (exact) mass is 434 g/mol. The van der Waals surface area contributed by atoms with Gasteiger partial charge >= 0.3 is 12.2 Å². The van der Waals surface area contributed by atoms with Crippen LogP contribution in [0, 0.1) is 6.92 Å². The van der Waals surface area contributed by atoms with Crippen molar-refractivity contribution in [2.24, 2.45) is 0 Å². The number of fused-ring (bicyclic) bond motifs is 1. The number of rotatable bonds is 5. The Labute approximate surface area is 165 Å². The normalized spacial score (nSPS) is 17.6. The van der Waals surface area contributed by atoms with Gasteiger partial charge < -0.3 is 14.2 Å². The Hall–Kier alpha value is -3.13. The molecule has 0 amide bonds. The van der Waals surface area contributed by atoms with Gasteiger partial charge in [0, 0.05) is 13.0 Å². The molecule has 3 aromatic heterocycles. The minimum absolute atomic E-state index is 0.0181. The number of nitrogens with zero attached hydrogens (tertiary/aromatic N) is 8. The third-order valence-electron chi connectivity index (χ3n) is 4.39. The van der Waals surface area contributed by atoms with Gasteiger partial charge in [0.2, 0.25) is 5.89 Å². The van der Waals surface area contributed by atoms with Crippen LogP contribution in [0.15, 0.2) is 4.52 Å². The van der Waals surface area contributed by atoms with Gasteiger partial charge in [-0.05, 0) is 13.8 Å². The fourth-order valence-corrected chi connectivity index (χ4v) is 2.88. The molecular formula is C15H15F5N8O2. The summed E-state index contributed by atoms with van der Waals surface area (Å²) in [7, 11) is 0. The lowest BCUT2D eigenvalue weighted by atomic mass is 10.3. The van der Waals surface area contributed by atoms with E-state index in [2.05, 4.69) is 30.4 Å². The third kappa shape index (κ3) is 3.95. The lowest BCUT2D eigenvalue weighted by molar-refractivity contribution is -0.190. The Morgan fingerprint density at radius 3 is 2.60 bits per heavy atom. The highest BCUT2D eigenvalue weighted by molar-refractivity contribution is 5.83. The van der Waals surface area contributed by atoms with Gasteiger partial charge in [0.25, 0.3) is 5.92 Å². The zero-order chi connectivity index (χ0) is 21.7. The lowest BCUT2D eigenvalue weighted by Gasteiger charge is -2.20. The zero-order valence-electron chi connectivity index (χ0n) is 15.7. The molecule has 10 nitrogen and oxygen atoms in total.